The molecule has 0 radical (unpaired) electrons. The van der Waals surface area contributed by atoms with Gasteiger partial charge in [-0.1, -0.05) is 24.6 Å². The van der Waals surface area contributed by atoms with Crippen molar-refractivity contribution in [1.82, 2.24) is 9.88 Å². The minimum absolute atomic E-state index is 0.197. The Bertz CT molecular complexity index is 731. The summed E-state index contributed by atoms with van der Waals surface area (Å²) in [6.45, 7) is 6.89. The first-order valence-electron chi connectivity index (χ1n) is 10.2. The smallest absolute Gasteiger partial charge is 0.119 e. The molecule has 2 aromatic rings. The lowest BCUT2D eigenvalue weighted by molar-refractivity contribution is -0.148. The Morgan fingerprint density at radius 1 is 1.15 bits per heavy atom. The van der Waals surface area contributed by atoms with Gasteiger partial charge in [0.05, 0.1) is 11.7 Å². The largest absolute Gasteiger partial charge is 0.491 e. The summed E-state index contributed by atoms with van der Waals surface area (Å²) >= 11 is 0. The molecule has 4 nitrogen and oxygen atoms in total. The lowest BCUT2D eigenvalue weighted by Gasteiger charge is -2.53. The molecule has 1 saturated carbocycles. The molecule has 2 unspecified atom stereocenters. The standard InChI is InChI=1S/C23H30N2O2/c1-17(2)27-22-10-8-18(9-11-22)14-25-15-20-5-3-6-21(16-25)23(20,26)19-7-4-12-24-13-19/h4,7-13,17,20-21,26H,3,5-6,14-16H2,1-2H3. The first-order chi connectivity index (χ1) is 13.1. The van der Waals surface area contributed by atoms with Crippen LogP contribution >= 0.6 is 0 Å². The normalized spacial score (nSPS) is 28.3. The van der Waals surface area contributed by atoms with Gasteiger partial charge in [0.25, 0.3) is 0 Å². The van der Waals surface area contributed by atoms with Crippen LogP contribution in [0.1, 0.15) is 44.2 Å². The highest BCUT2D eigenvalue weighted by Crippen LogP contribution is 2.49. The van der Waals surface area contributed by atoms with Crippen LogP contribution in [0.25, 0.3) is 0 Å². The summed E-state index contributed by atoms with van der Waals surface area (Å²) in [5.74, 6) is 1.48. The van der Waals surface area contributed by atoms with Crippen LogP contribution in [0.2, 0.25) is 0 Å². The van der Waals surface area contributed by atoms with Gasteiger partial charge in [-0.3, -0.25) is 9.88 Å². The fraction of sp³-hybridized carbons (Fsp3) is 0.522. The van der Waals surface area contributed by atoms with E-state index in [9.17, 15) is 5.11 Å². The number of rotatable bonds is 5. The highest BCUT2D eigenvalue weighted by molar-refractivity contribution is 5.28. The number of pyridine rings is 1. The minimum atomic E-state index is -0.724. The zero-order valence-electron chi connectivity index (χ0n) is 16.3. The molecule has 0 amide bonds. The SMILES string of the molecule is CC(C)Oc1ccc(CN2CC3CCCC(C2)C3(O)c2cccnc2)cc1. The van der Waals surface area contributed by atoms with Crippen LogP contribution in [-0.2, 0) is 12.1 Å². The third kappa shape index (κ3) is 3.74. The summed E-state index contributed by atoms with van der Waals surface area (Å²) in [5.41, 5.74) is 1.57. The van der Waals surface area contributed by atoms with E-state index in [1.165, 1.54) is 12.0 Å². The molecule has 4 heteroatoms. The van der Waals surface area contributed by atoms with Gasteiger partial charge >= 0.3 is 0 Å². The maximum atomic E-state index is 11.6. The van der Waals surface area contributed by atoms with Crippen molar-refractivity contribution in [2.45, 2.75) is 51.4 Å². The van der Waals surface area contributed by atoms with Crippen molar-refractivity contribution in [3.05, 3.63) is 59.9 Å². The fourth-order valence-electron chi connectivity index (χ4n) is 4.95. The van der Waals surface area contributed by atoms with Crippen molar-refractivity contribution >= 4 is 0 Å². The van der Waals surface area contributed by atoms with Crippen molar-refractivity contribution in [2.24, 2.45) is 11.8 Å². The summed E-state index contributed by atoms with van der Waals surface area (Å²) < 4.78 is 5.74. The van der Waals surface area contributed by atoms with E-state index in [-0.39, 0.29) is 17.9 Å². The number of aliphatic hydroxyl groups is 1. The topological polar surface area (TPSA) is 45.6 Å². The van der Waals surface area contributed by atoms with Crippen molar-refractivity contribution < 1.29 is 9.84 Å². The van der Waals surface area contributed by atoms with Gasteiger partial charge in [-0.25, -0.2) is 0 Å². The summed E-state index contributed by atoms with van der Waals surface area (Å²) in [6.07, 6.45) is 7.22. The lowest BCUT2D eigenvalue weighted by Crippen LogP contribution is -2.57. The summed E-state index contributed by atoms with van der Waals surface area (Å²) in [7, 11) is 0. The quantitative estimate of drug-likeness (QED) is 0.869. The number of ether oxygens (including phenoxy) is 1. The lowest BCUT2D eigenvalue weighted by atomic mass is 9.63. The van der Waals surface area contributed by atoms with Gasteiger partial charge in [0.2, 0.25) is 0 Å². The van der Waals surface area contributed by atoms with Crippen molar-refractivity contribution in [3.63, 3.8) is 0 Å². The van der Waals surface area contributed by atoms with Crippen molar-refractivity contribution in [3.8, 4) is 5.75 Å². The molecule has 144 valence electrons. The van der Waals surface area contributed by atoms with Gasteiger partial charge in [0, 0.05) is 49.4 Å². The molecule has 1 N–H and O–H groups in total. The molecule has 1 aliphatic carbocycles. The zero-order valence-corrected chi connectivity index (χ0v) is 16.3. The Labute approximate surface area is 162 Å². The second-order valence-electron chi connectivity index (χ2n) is 8.40. The third-order valence-electron chi connectivity index (χ3n) is 6.13. The Balaban J connectivity index is 1.47. The highest BCUT2D eigenvalue weighted by Gasteiger charge is 2.51. The second kappa shape index (κ2) is 7.61. The van der Waals surface area contributed by atoms with Gasteiger partial charge in [-0.2, -0.15) is 0 Å². The molecule has 2 bridgehead atoms. The van der Waals surface area contributed by atoms with Crippen LogP contribution in [0.5, 0.6) is 5.75 Å². The highest BCUT2D eigenvalue weighted by atomic mass is 16.5. The van der Waals surface area contributed by atoms with Crippen LogP contribution in [0, 0.1) is 11.8 Å². The Hall–Kier alpha value is -1.91. The number of aromatic nitrogens is 1. The molecule has 1 aromatic carbocycles. The van der Waals surface area contributed by atoms with Crippen molar-refractivity contribution in [1.29, 1.82) is 0 Å². The van der Waals surface area contributed by atoms with Gasteiger partial charge < -0.3 is 9.84 Å². The number of likely N-dealkylation sites (tertiary alicyclic amines) is 1. The molecule has 2 atom stereocenters. The maximum absolute atomic E-state index is 11.6. The van der Waals surface area contributed by atoms with Gasteiger partial charge in [0.15, 0.2) is 0 Å². The first-order valence-corrected chi connectivity index (χ1v) is 10.2. The second-order valence-corrected chi connectivity index (χ2v) is 8.40. The molecule has 2 heterocycles. The minimum Gasteiger partial charge on any atom is -0.491 e. The van der Waals surface area contributed by atoms with Gasteiger partial charge in [0.1, 0.15) is 5.75 Å². The Kier molecular flexibility index (Phi) is 5.20. The molecule has 2 fully saturated rings. The summed E-state index contributed by atoms with van der Waals surface area (Å²) in [5, 5.41) is 11.6. The number of piperidine rings is 1. The van der Waals surface area contributed by atoms with E-state index in [0.717, 1.165) is 43.8 Å². The molecule has 1 aromatic heterocycles. The number of hydrogen-bond acceptors (Lipinski definition) is 4. The maximum Gasteiger partial charge on any atom is 0.119 e. The summed E-state index contributed by atoms with van der Waals surface area (Å²) in [6, 6.07) is 12.4. The number of nitrogens with zero attached hydrogens (tertiary/aromatic N) is 2. The number of fused-ring (bicyclic) bond motifs is 2. The van der Waals surface area contributed by atoms with E-state index >= 15 is 0 Å². The predicted octanol–water partition coefficient (Wildman–Crippen LogP) is 3.99. The van der Waals surface area contributed by atoms with E-state index in [0.29, 0.717) is 0 Å². The Morgan fingerprint density at radius 2 is 1.85 bits per heavy atom. The molecule has 1 aliphatic heterocycles. The van der Waals surface area contributed by atoms with Crippen molar-refractivity contribution in [2.75, 3.05) is 13.1 Å². The third-order valence-corrected chi connectivity index (χ3v) is 6.13. The van der Waals surface area contributed by atoms with E-state index in [1.54, 1.807) is 6.20 Å². The summed E-state index contributed by atoms with van der Waals surface area (Å²) in [4.78, 5) is 6.77. The zero-order chi connectivity index (χ0) is 18.9. The van der Waals surface area contributed by atoms with Crippen LogP contribution in [0.3, 0.4) is 0 Å². The molecule has 4 rings (SSSR count). The molecular formula is C23H30N2O2. The predicted molar refractivity (Wildman–Crippen MR) is 106 cm³/mol. The van der Waals surface area contributed by atoms with E-state index in [2.05, 4.69) is 34.1 Å². The van der Waals surface area contributed by atoms with E-state index in [4.69, 9.17) is 4.74 Å². The van der Waals surface area contributed by atoms with Crippen LogP contribution < -0.4 is 4.74 Å². The first kappa shape index (κ1) is 18.5. The average molecular weight is 367 g/mol. The van der Waals surface area contributed by atoms with Crippen LogP contribution in [0.4, 0.5) is 0 Å². The van der Waals surface area contributed by atoms with E-state index < -0.39 is 5.60 Å². The Morgan fingerprint density at radius 3 is 2.44 bits per heavy atom. The monoisotopic (exact) mass is 366 g/mol. The molecule has 0 spiro atoms. The number of hydrogen-bond donors (Lipinski definition) is 1. The van der Waals surface area contributed by atoms with E-state index in [1.807, 2.05) is 32.2 Å². The average Bonchev–Trinajstić information content (AvgIpc) is 2.64. The molecule has 1 saturated heterocycles. The number of benzene rings is 1. The fourth-order valence-corrected chi connectivity index (χ4v) is 4.95. The van der Waals surface area contributed by atoms with Gasteiger partial charge in [-0.15, -0.1) is 0 Å². The van der Waals surface area contributed by atoms with Crippen LogP contribution in [0.15, 0.2) is 48.8 Å². The molecule has 27 heavy (non-hydrogen) atoms. The molecular weight excluding hydrogens is 336 g/mol. The molecule has 2 aliphatic rings. The van der Waals surface area contributed by atoms with Crippen LogP contribution in [-0.4, -0.2) is 34.2 Å². The van der Waals surface area contributed by atoms with Gasteiger partial charge in [-0.05, 0) is 50.5 Å².